The average Bonchev–Trinajstić information content (AvgIpc) is 3.41. The van der Waals surface area contributed by atoms with Crippen LogP contribution >= 0.6 is 0 Å². The summed E-state index contributed by atoms with van der Waals surface area (Å²) in [5.74, 6) is -0.862. The highest BCUT2D eigenvalue weighted by atomic mass is 16.6. The minimum absolute atomic E-state index is 0.0693. The molecule has 0 rings (SSSR count). The van der Waals surface area contributed by atoms with Gasteiger partial charge in [0.1, 0.15) is 13.2 Å². The largest absolute Gasteiger partial charge is 0.462 e. The number of rotatable bonds is 59. The van der Waals surface area contributed by atoms with Crippen LogP contribution in [0.3, 0.4) is 0 Å². The van der Waals surface area contributed by atoms with E-state index in [1.807, 2.05) is 0 Å². The first-order valence-corrected chi connectivity index (χ1v) is 32.4. The molecule has 0 radical (unpaired) electrons. The lowest BCUT2D eigenvalue weighted by Crippen LogP contribution is -2.30. The molecule has 0 aliphatic carbocycles. The van der Waals surface area contributed by atoms with Crippen LogP contribution in [-0.4, -0.2) is 37.2 Å². The Morgan fingerprint density at radius 2 is 0.520 bits per heavy atom. The topological polar surface area (TPSA) is 78.9 Å². The SMILES string of the molecule is CC/C=C\C/C=C\C/C=C\C/C=C\C/C=C\C/C=C\CCCCCCCCCCCCCCCCCCC(=O)OCC(COC(=O)CCCCCCCC)OC(=O)CCCCCCCCCCCCCCCCCC. The molecule has 0 aliphatic heterocycles. The van der Waals surface area contributed by atoms with Crippen LogP contribution in [0.5, 0.6) is 0 Å². The quantitative estimate of drug-likeness (QED) is 0.0261. The molecule has 434 valence electrons. The van der Waals surface area contributed by atoms with Crippen molar-refractivity contribution >= 4 is 17.9 Å². The smallest absolute Gasteiger partial charge is 0.306 e. The summed E-state index contributed by atoms with van der Waals surface area (Å²) in [6.45, 7) is 6.50. The van der Waals surface area contributed by atoms with E-state index in [-0.39, 0.29) is 31.1 Å². The summed E-state index contributed by atoms with van der Waals surface area (Å²) in [5.41, 5.74) is 0. The molecule has 1 unspecified atom stereocenters. The molecule has 0 heterocycles. The zero-order valence-electron chi connectivity index (χ0n) is 49.8. The van der Waals surface area contributed by atoms with Crippen LogP contribution in [0.1, 0.15) is 329 Å². The Morgan fingerprint density at radius 3 is 0.813 bits per heavy atom. The number of unbranched alkanes of at least 4 members (excludes halogenated alkanes) is 36. The Hall–Kier alpha value is -3.15. The molecule has 0 amide bonds. The molecule has 0 fully saturated rings. The number of esters is 3. The van der Waals surface area contributed by atoms with Crippen LogP contribution in [0.4, 0.5) is 0 Å². The monoisotopic (exact) mass is 1050 g/mol. The fraction of sp³-hybridized carbons (Fsp3) is 0.783. The van der Waals surface area contributed by atoms with Crippen molar-refractivity contribution in [2.45, 2.75) is 335 Å². The maximum Gasteiger partial charge on any atom is 0.306 e. The number of hydrogen-bond acceptors (Lipinski definition) is 6. The Balaban J connectivity index is 3.95. The van der Waals surface area contributed by atoms with Crippen molar-refractivity contribution in [3.05, 3.63) is 72.9 Å². The molecular formula is C69H122O6. The Bertz CT molecular complexity index is 1390. The molecule has 6 heteroatoms. The highest BCUT2D eigenvalue weighted by Crippen LogP contribution is 2.17. The van der Waals surface area contributed by atoms with Gasteiger partial charge in [-0.25, -0.2) is 0 Å². The maximum absolute atomic E-state index is 12.8. The Morgan fingerprint density at radius 1 is 0.280 bits per heavy atom. The third kappa shape index (κ3) is 61.6. The Kier molecular flexibility index (Phi) is 60.7. The third-order valence-corrected chi connectivity index (χ3v) is 14.2. The second kappa shape index (κ2) is 63.4. The number of carbonyl (C=O) groups excluding carboxylic acids is 3. The summed E-state index contributed by atoms with van der Waals surface area (Å²) in [6.07, 6.45) is 82.4. The molecule has 0 aromatic carbocycles. The van der Waals surface area contributed by atoms with E-state index < -0.39 is 6.10 Å². The molecule has 1 atom stereocenters. The van der Waals surface area contributed by atoms with Gasteiger partial charge in [-0.2, -0.15) is 0 Å². The number of hydrogen-bond donors (Lipinski definition) is 0. The highest BCUT2D eigenvalue weighted by molar-refractivity contribution is 5.71. The molecule has 0 bridgehead atoms. The first kappa shape index (κ1) is 71.8. The van der Waals surface area contributed by atoms with Gasteiger partial charge >= 0.3 is 17.9 Å². The van der Waals surface area contributed by atoms with Gasteiger partial charge in [0.05, 0.1) is 0 Å². The minimum Gasteiger partial charge on any atom is -0.462 e. The van der Waals surface area contributed by atoms with Gasteiger partial charge < -0.3 is 14.2 Å². The van der Waals surface area contributed by atoms with Gasteiger partial charge in [0.2, 0.25) is 0 Å². The van der Waals surface area contributed by atoms with Crippen molar-refractivity contribution in [2.24, 2.45) is 0 Å². The van der Waals surface area contributed by atoms with Crippen LogP contribution in [0.25, 0.3) is 0 Å². The summed E-state index contributed by atoms with van der Waals surface area (Å²) < 4.78 is 16.8. The number of allylic oxidation sites excluding steroid dienone is 12. The first-order valence-electron chi connectivity index (χ1n) is 32.4. The van der Waals surface area contributed by atoms with Crippen LogP contribution in [0, 0.1) is 0 Å². The first-order chi connectivity index (χ1) is 37.0. The zero-order valence-corrected chi connectivity index (χ0v) is 49.8. The lowest BCUT2D eigenvalue weighted by atomic mass is 10.0. The van der Waals surface area contributed by atoms with Crippen molar-refractivity contribution in [3.8, 4) is 0 Å². The summed E-state index contributed by atoms with van der Waals surface area (Å²) >= 11 is 0. The molecule has 0 aromatic rings. The second-order valence-corrected chi connectivity index (χ2v) is 21.7. The van der Waals surface area contributed by atoms with E-state index >= 15 is 0 Å². The highest BCUT2D eigenvalue weighted by Gasteiger charge is 2.19. The second-order valence-electron chi connectivity index (χ2n) is 21.7. The van der Waals surface area contributed by atoms with E-state index in [0.29, 0.717) is 19.3 Å². The molecule has 0 aromatic heterocycles. The molecular weight excluding hydrogens is 925 g/mol. The summed E-state index contributed by atoms with van der Waals surface area (Å²) in [6, 6.07) is 0. The summed E-state index contributed by atoms with van der Waals surface area (Å²) in [7, 11) is 0. The van der Waals surface area contributed by atoms with Crippen molar-refractivity contribution in [1.29, 1.82) is 0 Å². The predicted molar refractivity (Wildman–Crippen MR) is 325 cm³/mol. The molecule has 0 N–H and O–H groups in total. The Labute approximate surface area is 465 Å². The van der Waals surface area contributed by atoms with Gasteiger partial charge in [-0.15, -0.1) is 0 Å². The standard InChI is InChI=1S/C69H122O6/c1-4-7-10-13-16-18-20-22-24-26-27-28-29-30-31-32-33-34-35-36-37-38-39-40-41-42-43-44-46-47-49-51-53-56-59-62-68(71)74-65-66(64-73-67(70)61-58-55-15-12-9-6-3)75-69(72)63-60-57-54-52-50-48-45-25-23-21-19-17-14-11-8-5-2/h7,10,16,18,22,24,27-28,30-31,33-34,66H,4-6,8-9,11-15,17,19-21,23,25-26,29,32,35-65H2,1-3H3/b10-7-,18-16-,24-22-,28-27-,31-30-,34-33-. The maximum atomic E-state index is 12.8. The molecule has 0 aliphatic rings. The average molecular weight is 1050 g/mol. The van der Waals surface area contributed by atoms with Gasteiger partial charge in [0, 0.05) is 19.3 Å². The van der Waals surface area contributed by atoms with Crippen LogP contribution < -0.4 is 0 Å². The van der Waals surface area contributed by atoms with E-state index in [1.165, 1.54) is 193 Å². The van der Waals surface area contributed by atoms with Crippen molar-refractivity contribution in [3.63, 3.8) is 0 Å². The molecule has 0 spiro atoms. The summed E-state index contributed by atoms with van der Waals surface area (Å²) in [5, 5.41) is 0. The molecule has 6 nitrogen and oxygen atoms in total. The fourth-order valence-electron chi connectivity index (χ4n) is 9.39. The lowest BCUT2D eigenvalue weighted by molar-refractivity contribution is -0.167. The van der Waals surface area contributed by atoms with Crippen molar-refractivity contribution in [1.82, 2.24) is 0 Å². The van der Waals surface area contributed by atoms with Crippen LogP contribution in [0.2, 0.25) is 0 Å². The van der Waals surface area contributed by atoms with E-state index in [9.17, 15) is 14.4 Å². The number of ether oxygens (including phenoxy) is 3. The van der Waals surface area contributed by atoms with E-state index in [2.05, 4.69) is 93.7 Å². The van der Waals surface area contributed by atoms with Crippen LogP contribution in [0.15, 0.2) is 72.9 Å². The van der Waals surface area contributed by atoms with Gasteiger partial charge in [-0.3, -0.25) is 14.4 Å². The van der Waals surface area contributed by atoms with E-state index in [0.717, 1.165) is 96.3 Å². The molecule has 75 heavy (non-hydrogen) atoms. The van der Waals surface area contributed by atoms with E-state index in [4.69, 9.17) is 14.2 Å². The summed E-state index contributed by atoms with van der Waals surface area (Å²) in [4.78, 5) is 38.0. The van der Waals surface area contributed by atoms with E-state index in [1.54, 1.807) is 0 Å². The molecule has 0 saturated carbocycles. The van der Waals surface area contributed by atoms with Crippen molar-refractivity contribution in [2.75, 3.05) is 13.2 Å². The van der Waals surface area contributed by atoms with Gasteiger partial charge in [-0.1, -0.05) is 312 Å². The van der Waals surface area contributed by atoms with Gasteiger partial charge in [0.25, 0.3) is 0 Å². The van der Waals surface area contributed by atoms with Gasteiger partial charge in [0.15, 0.2) is 6.10 Å². The zero-order chi connectivity index (χ0) is 54.3. The van der Waals surface area contributed by atoms with Crippen LogP contribution in [-0.2, 0) is 28.6 Å². The fourth-order valence-corrected chi connectivity index (χ4v) is 9.39. The molecule has 0 saturated heterocycles. The lowest BCUT2D eigenvalue weighted by Gasteiger charge is -2.18. The normalized spacial score (nSPS) is 12.5. The number of carbonyl (C=O) groups is 3. The minimum atomic E-state index is -0.767. The van der Waals surface area contributed by atoms with Gasteiger partial charge in [-0.05, 0) is 70.6 Å². The third-order valence-electron chi connectivity index (χ3n) is 14.2. The predicted octanol–water partition coefficient (Wildman–Crippen LogP) is 22.1. The van der Waals surface area contributed by atoms with Crippen molar-refractivity contribution < 1.29 is 28.6 Å².